The van der Waals surface area contributed by atoms with Crippen molar-refractivity contribution in [1.82, 2.24) is 9.97 Å². The van der Waals surface area contributed by atoms with Crippen LogP contribution >= 0.6 is 0 Å². The SMILES string of the molecule is Cc1cc2cc(NC(=O)c3ncccc3N)ccc2[nH]1. The molecule has 5 nitrogen and oxygen atoms in total. The molecule has 1 amide bonds. The number of hydrogen-bond acceptors (Lipinski definition) is 3. The van der Waals surface area contributed by atoms with Gasteiger partial charge in [-0.25, -0.2) is 4.98 Å². The molecule has 0 aliphatic rings. The second kappa shape index (κ2) is 4.70. The summed E-state index contributed by atoms with van der Waals surface area (Å²) in [7, 11) is 0. The first kappa shape index (κ1) is 12.2. The van der Waals surface area contributed by atoms with E-state index in [-0.39, 0.29) is 11.6 Å². The number of carbonyl (C=O) groups is 1. The third-order valence-electron chi connectivity index (χ3n) is 3.07. The minimum absolute atomic E-state index is 0.234. The zero-order valence-electron chi connectivity index (χ0n) is 11.0. The highest BCUT2D eigenvalue weighted by Crippen LogP contribution is 2.20. The van der Waals surface area contributed by atoms with Crippen LogP contribution in [0.4, 0.5) is 11.4 Å². The number of aryl methyl sites for hydroxylation is 1. The average Bonchev–Trinajstić information content (AvgIpc) is 2.78. The zero-order valence-corrected chi connectivity index (χ0v) is 11.0. The lowest BCUT2D eigenvalue weighted by Gasteiger charge is -2.06. The van der Waals surface area contributed by atoms with Gasteiger partial charge in [0.05, 0.1) is 5.69 Å². The van der Waals surface area contributed by atoms with Crippen molar-refractivity contribution >= 4 is 28.2 Å². The summed E-state index contributed by atoms with van der Waals surface area (Å²) in [6.07, 6.45) is 1.55. The van der Waals surface area contributed by atoms with Crippen LogP contribution in [0.1, 0.15) is 16.2 Å². The Labute approximate surface area is 115 Å². The lowest BCUT2D eigenvalue weighted by Crippen LogP contribution is -2.15. The second-order valence-electron chi connectivity index (χ2n) is 4.65. The molecular formula is C15H14N4O. The van der Waals surface area contributed by atoms with Crippen molar-refractivity contribution in [3.05, 3.63) is 54.0 Å². The number of amides is 1. The van der Waals surface area contributed by atoms with Crippen LogP contribution in [-0.4, -0.2) is 15.9 Å². The Morgan fingerprint density at radius 1 is 1.30 bits per heavy atom. The zero-order chi connectivity index (χ0) is 14.1. The fourth-order valence-electron chi connectivity index (χ4n) is 2.15. The molecule has 0 spiro atoms. The van der Waals surface area contributed by atoms with Crippen LogP contribution in [-0.2, 0) is 0 Å². The van der Waals surface area contributed by atoms with Crippen molar-refractivity contribution in [2.24, 2.45) is 0 Å². The van der Waals surface area contributed by atoms with E-state index < -0.39 is 0 Å². The van der Waals surface area contributed by atoms with E-state index in [0.717, 1.165) is 16.6 Å². The largest absolute Gasteiger partial charge is 0.397 e. The molecule has 2 aromatic heterocycles. The van der Waals surface area contributed by atoms with Crippen LogP contribution in [0, 0.1) is 6.92 Å². The molecule has 0 radical (unpaired) electrons. The van der Waals surface area contributed by atoms with Crippen molar-refractivity contribution in [3.63, 3.8) is 0 Å². The molecule has 3 rings (SSSR count). The van der Waals surface area contributed by atoms with E-state index in [1.165, 1.54) is 0 Å². The quantitative estimate of drug-likeness (QED) is 0.666. The normalized spacial score (nSPS) is 10.7. The number of fused-ring (bicyclic) bond motifs is 1. The molecular weight excluding hydrogens is 252 g/mol. The maximum atomic E-state index is 12.1. The first-order valence-corrected chi connectivity index (χ1v) is 6.25. The molecule has 0 bridgehead atoms. The third kappa shape index (κ3) is 2.21. The molecule has 2 heterocycles. The summed E-state index contributed by atoms with van der Waals surface area (Å²) in [4.78, 5) is 19.3. The van der Waals surface area contributed by atoms with Gasteiger partial charge in [0.1, 0.15) is 0 Å². The minimum atomic E-state index is -0.310. The first-order valence-electron chi connectivity index (χ1n) is 6.25. The Bertz CT molecular complexity index is 791. The number of H-pyrrole nitrogens is 1. The summed E-state index contributed by atoms with van der Waals surface area (Å²) < 4.78 is 0. The maximum absolute atomic E-state index is 12.1. The van der Waals surface area contributed by atoms with Gasteiger partial charge in [0, 0.05) is 28.5 Å². The fraction of sp³-hybridized carbons (Fsp3) is 0.0667. The molecule has 0 saturated carbocycles. The van der Waals surface area contributed by atoms with Gasteiger partial charge in [-0.15, -0.1) is 0 Å². The summed E-state index contributed by atoms with van der Waals surface area (Å²) >= 11 is 0. The predicted octanol–water partition coefficient (Wildman–Crippen LogP) is 2.71. The molecule has 0 aliphatic carbocycles. The van der Waals surface area contributed by atoms with Crippen LogP contribution in [0.15, 0.2) is 42.6 Å². The smallest absolute Gasteiger partial charge is 0.276 e. The number of nitrogens with one attached hydrogen (secondary N) is 2. The van der Waals surface area contributed by atoms with E-state index in [2.05, 4.69) is 15.3 Å². The number of nitrogens with zero attached hydrogens (tertiary/aromatic N) is 1. The number of nitrogen functional groups attached to an aromatic ring is 1. The highest BCUT2D eigenvalue weighted by atomic mass is 16.1. The number of rotatable bonds is 2. The highest BCUT2D eigenvalue weighted by molar-refractivity contribution is 6.06. The maximum Gasteiger partial charge on any atom is 0.276 e. The van der Waals surface area contributed by atoms with Gasteiger partial charge in [-0.2, -0.15) is 0 Å². The Kier molecular flexibility index (Phi) is 2.87. The van der Waals surface area contributed by atoms with E-state index in [1.807, 2.05) is 31.2 Å². The van der Waals surface area contributed by atoms with Gasteiger partial charge in [0.2, 0.25) is 0 Å². The predicted molar refractivity (Wildman–Crippen MR) is 79.6 cm³/mol. The number of benzene rings is 1. The molecule has 100 valence electrons. The molecule has 4 N–H and O–H groups in total. The Hall–Kier alpha value is -2.82. The fourth-order valence-corrected chi connectivity index (χ4v) is 2.15. The van der Waals surface area contributed by atoms with Gasteiger partial charge < -0.3 is 16.0 Å². The average molecular weight is 266 g/mol. The number of aromatic nitrogens is 2. The molecule has 5 heteroatoms. The number of carbonyl (C=O) groups excluding carboxylic acids is 1. The van der Waals surface area contributed by atoms with Gasteiger partial charge in [0.25, 0.3) is 5.91 Å². The van der Waals surface area contributed by atoms with Crippen molar-refractivity contribution in [1.29, 1.82) is 0 Å². The first-order chi connectivity index (χ1) is 9.63. The molecule has 0 atom stereocenters. The molecule has 20 heavy (non-hydrogen) atoms. The Morgan fingerprint density at radius 3 is 2.95 bits per heavy atom. The Morgan fingerprint density at radius 2 is 2.15 bits per heavy atom. The lowest BCUT2D eigenvalue weighted by atomic mass is 10.2. The van der Waals surface area contributed by atoms with E-state index >= 15 is 0 Å². The monoisotopic (exact) mass is 266 g/mol. The highest BCUT2D eigenvalue weighted by Gasteiger charge is 2.11. The van der Waals surface area contributed by atoms with E-state index in [1.54, 1.807) is 18.3 Å². The summed E-state index contributed by atoms with van der Waals surface area (Å²) in [5, 5.41) is 3.86. The molecule has 0 saturated heterocycles. The number of hydrogen-bond donors (Lipinski definition) is 3. The standard InChI is InChI=1S/C15H14N4O/c1-9-7-10-8-11(4-5-13(10)18-9)19-15(20)14-12(16)3-2-6-17-14/h2-8,18H,16H2,1H3,(H,19,20). The molecule has 0 unspecified atom stereocenters. The summed E-state index contributed by atoms with van der Waals surface area (Å²) in [6, 6.07) is 11.1. The van der Waals surface area contributed by atoms with E-state index in [9.17, 15) is 4.79 Å². The lowest BCUT2D eigenvalue weighted by molar-refractivity contribution is 0.102. The van der Waals surface area contributed by atoms with E-state index in [4.69, 9.17) is 5.73 Å². The topological polar surface area (TPSA) is 83.8 Å². The number of anilines is 2. The van der Waals surface area contributed by atoms with Gasteiger partial charge in [-0.1, -0.05) is 0 Å². The van der Waals surface area contributed by atoms with Crippen LogP contribution < -0.4 is 11.1 Å². The van der Waals surface area contributed by atoms with Crippen LogP contribution in [0.5, 0.6) is 0 Å². The summed E-state index contributed by atoms with van der Waals surface area (Å²) in [5.41, 5.74) is 9.17. The molecule has 0 fully saturated rings. The van der Waals surface area contributed by atoms with Crippen LogP contribution in [0.2, 0.25) is 0 Å². The summed E-state index contributed by atoms with van der Waals surface area (Å²) in [5.74, 6) is -0.310. The Balaban J connectivity index is 1.89. The van der Waals surface area contributed by atoms with E-state index in [0.29, 0.717) is 11.4 Å². The number of nitrogens with two attached hydrogens (primary N) is 1. The van der Waals surface area contributed by atoms with Gasteiger partial charge in [-0.3, -0.25) is 4.79 Å². The van der Waals surface area contributed by atoms with Gasteiger partial charge >= 0.3 is 0 Å². The van der Waals surface area contributed by atoms with Crippen molar-refractivity contribution in [2.45, 2.75) is 6.92 Å². The van der Waals surface area contributed by atoms with Crippen LogP contribution in [0.3, 0.4) is 0 Å². The van der Waals surface area contributed by atoms with Crippen LogP contribution in [0.25, 0.3) is 10.9 Å². The molecule has 3 aromatic rings. The second-order valence-corrected chi connectivity index (χ2v) is 4.65. The third-order valence-corrected chi connectivity index (χ3v) is 3.07. The number of aromatic amines is 1. The van der Waals surface area contributed by atoms with Gasteiger partial charge in [-0.05, 0) is 43.3 Å². The molecule has 0 aliphatic heterocycles. The molecule has 1 aromatic carbocycles. The number of pyridine rings is 1. The minimum Gasteiger partial charge on any atom is -0.397 e. The summed E-state index contributed by atoms with van der Waals surface area (Å²) in [6.45, 7) is 1.99. The van der Waals surface area contributed by atoms with Crippen molar-refractivity contribution < 1.29 is 4.79 Å². The van der Waals surface area contributed by atoms with Crippen molar-refractivity contribution in [3.8, 4) is 0 Å². The van der Waals surface area contributed by atoms with Gasteiger partial charge in [0.15, 0.2) is 5.69 Å². The van der Waals surface area contributed by atoms with Crippen molar-refractivity contribution in [2.75, 3.05) is 11.1 Å².